The van der Waals surface area contributed by atoms with Crippen molar-refractivity contribution in [2.45, 2.75) is 50.8 Å². The summed E-state index contributed by atoms with van der Waals surface area (Å²) in [5.74, 6) is 0.452. The number of benzene rings is 1. The fourth-order valence-electron chi connectivity index (χ4n) is 3.72. The summed E-state index contributed by atoms with van der Waals surface area (Å²) in [6.45, 7) is 4.87. The van der Waals surface area contributed by atoms with E-state index in [4.69, 9.17) is 0 Å². The molecule has 0 spiro atoms. The Balaban J connectivity index is 1.68. The van der Waals surface area contributed by atoms with Crippen LogP contribution >= 0.6 is 0 Å². The van der Waals surface area contributed by atoms with Crippen LogP contribution in [0.15, 0.2) is 23.1 Å². The molecule has 8 heteroatoms. The Kier molecular flexibility index (Phi) is 6.30. The van der Waals surface area contributed by atoms with Gasteiger partial charge in [0.2, 0.25) is 20.0 Å². The molecule has 152 valence electrons. The molecule has 0 atom stereocenters. The molecule has 27 heavy (non-hydrogen) atoms. The number of sulfonamides is 2. The average Bonchev–Trinajstić information content (AvgIpc) is 2.66. The highest BCUT2D eigenvalue weighted by atomic mass is 32.2. The molecule has 6 nitrogen and oxygen atoms in total. The van der Waals surface area contributed by atoms with Gasteiger partial charge in [-0.1, -0.05) is 19.9 Å². The number of fused-ring (bicyclic) bond motifs is 1. The van der Waals surface area contributed by atoms with Crippen molar-refractivity contribution in [1.82, 2.24) is 8.61 Å². The van der Waals surface area contributed by atoms with Crippen LogP contribution in [0.1, 0.15) is 44.2 Å². The van der Waals surface area contributed by atoms with Crippen LogP contribution in [0.3, 0.4) is 0 Å². The molecule has 0 aromatic heterocycles. The SMILES string of the molecule is CC(C)CCS(=O)(=O)N1CCN(S(=O)(=O)c2ccc3c(c2)CCCC3)CC1. The first-order valence-corrected chi connectivity index (χ1v) is 12.8. The van der Waals surface area contributed by atoms with Crippen molar-refractivity contribution in [3.8, 4) is 0 Å². The van der Waals surface area contributed by atoms with Gasteiger partial charge < -0.3 is 0 Å². The van der Waals surface area contributed by atoms with Gasteiger partial charge in [-0.2, -0.15) is 8.61 Å². The molecule has 0 bridgehead atoms. The van der Waals surface area contributed by atoms with Gasteiger partial charge in [-0.25, -0.2) is 16.8 Å². The summed E-state index contributed by atoms with van der Waals surface area (Å²) in [5, 5.41) is 0. The second-order valence-corrected chi connectivity index (χ2v) is 12.0. The van der Waals surface area contributed by atoms with Crippen molar-refractivity contribution < 1.29 is 16.8 Å². The van der Waals surface area contributed by atoms with Crippen LogP contribution in [0, 0.1) is 5.92 Å². The maximum atomic E-state index is 13.0. The standard InChI is InChI=1S/C19H30N2O4S2/c1-16(2)9-14-26(22,23)20-10-12-21(13-11-20)27(24,25)19-8-7-17-5-3-4-6-18(17)15-19/h7-8,15-16H,3-6,9-14H2,1-2H3. The third-order valence-corrected chi connectivity index (χ3v) is 9.30. The van der Waals surface area contributed by atoms with Crippen molar-refractivity contribution in [1.29, 1.82) is 0 Å². The van der Waals surface area contributed by atoms with Crippen molar-refractivity contribution >= 4 is 20.0 Å². The summed E-state index contributed by atoms with van der Waals surface area (Å²) in [7, 11) is -6.89. The highest BCUT2D eigenvalue weighted by Gasteiger charge is 2.33. The molecule has 1 heterocycles. The molecule has 0 N–H and O–H groups in total. The van der Waals surface area contributed by atoms with Gasteiger partial charge in [-0.05, 0) is 61.3 Å². The largest absolute Gasteiger partial charge is 0.243 e. The number of aryl methyl sites for hydroxylation is 2. The number of rotatable bonds is 6. The summed E-state index contributed by atoms with van der Waals surface area (Å²) in [4.78, 5) is 0.333. The van der Waals surface area contributed by atoms with Gasteiger partial charge in [-0.15, -0.1) is 0 Å². The zero-order chi connectivity index (χ0) is 19.7. The molecule has 3 rings (SSSR count). The molecule has 2 aliphatic rings. The first-order valence-electron chi connectivity index (χ1n) is 9.80. The van der Waals surface area contributed by atoms with Gasteiger partial charge in [0.1, 0.15) is 0 Å². The second kappa shape index (κ2) is 8.19. The Morgan fingerprint density at radius 3 is 2.11 bits per heavy atom. The van der Waals surface area contributed by atoms with Gasteiger partial charge in [0, 0.05) is 26.2 Å². The van der Waals surface area contributed by atoms with E-state index in [1.54, 1.807) is 6.07 Å². The van der Waals surface area contributed by atoms with E-state index in [9.17, 15) is 16.8 Å². The number of hydrogen-bond donors (Lipinski definition) is 0. The first kappa shape index (κ1) is 20.8. The molecule has 1 aromatic carbocycles. The summed E-state index contributed by atoms with van der Waals surface area (Å²) < 4.78 is 53.7. The molecule has 1 fully saturated rings. The normalized spacial score (nSPS) is 20.0. The predicted octanol–water partition coefficient (Wildman–Crippen LogP) is 2.25. The molecule has 0 saturated carbocycles. The maximum Gasteiger partial charge on any atom is 0.243 e. The Labute approximate surface area is 163 Å². The maximum absolute atomic E-state index is 13.0. The zero-order valence-corrected chi connectivity index (χ0v) is 17.9. The molecule has 0 unspecified atom stereocenters. The Hall–Kier alpha value is -0.960. The number of nitrogens with zero attached hydrogens (tertiary/aromatic N) is 2. The molecule has 1 aromatic rings. The minimum Gasteiger partial charge on any atom is -0.212 e. The molecule has 1 aliphatic carbocycles. The van der Waals surface area contributed by atoms with Gasteiger partial charge in [-0.3, -0.25) is 0 Å². The van der Waals surface area contributed by atoms with E-state index in [0.29, 0.717) is 17.2 Å². The minimum absolute atomic E-state index is 0.127. The van der Waals surface area contributed by atoms with Crippen molar-refractivity contribution in [3.05, 3.63) is 29.3 Å². The Morgan fingerprint density at radius 1 is 0.889 bits per heavy atom. The van der Waals surface area contributed by atoms with E-state index >= 15 is 0 Å². The van der Waals surface area contributed by atoms with Crippen LogP contribution in [-0.2, 0) is 32.9 Å². The lowest BCUT2D eigenvalue weighted by Gasteiger charge is -2.33. The van der Waals surface area contributed by atoms with Crippen LogP contribution in [-0.4, -0.2) is 57.4 Å². The smallest absolute Gasteiger partial charge is 0.212 e. The predicted molar refractivity (Wildman–Crippen MR) is 107 cm³/mol. The third kappa shape index (κ3) is 4.72. The lowest BCUT2D eigenvalue weighted by molar-refractivity contribution is 0.272. The summed E-state index contributed by atoms with van der Waals surface area (Å²) >= 11 is 0. The van der Waals surface area contributed by atoms with Crippen molar-refractivity contribution in [3.63, 3.8) is 0 Å². The fourth-order valence-corrected chi connectivity index (χ4v) is 6.94. The molecule has 0 amide bonds. The number of piperazine rings is 1. The van der Waals surface area contributed by atoms with Crippen LogP contribution in [0.5, 0.6) is 0 Å². The van der Waals surface area contributed by atoms with E-state index in [1.165, 1.54) is 14.2 Å². The summed E-state index contributed by atoms with van der Waals surface area (Å²) in [6.07, 6.45) is 4.83. The first-order chi connectivity index (χ1) is 12.7. The summed E-state index contributed by atoms with van der Waals surface area (Å²) in [5.41, 5.74) is 2.39. The molecular formula is C19H30N2O4S2. The van der Waals surface area contributed by atoms with E-state index in [2.05, 4.69) is 0 Å². The van der Waals surface area contributed by atoms with Crippen LogP contribution < -0.4 is 0 Å². The molecule has 0 radical (unpaired) electrons. The highest BCUT2D eigenvalue weighted by molar-refractivity contribution is 7.89. The summed E-state index contributed by atoms with van der Waals surface area (Å²) in [6, 6.07) is 5.45. The monoisotopic (exact) mass is 414 g/mol. The Bertz CT molecular complexity index is 871. The van der Waals surface area contributed by atoms with Crippen LogP contribution in [0.25, 0.3) is 0 Å². The molecule has 1 aliphatic heterocycles. The lowest BCUT2D eigenvalue weighted by atomic mass is 9.92. The van der Waals surface area contributed by atoms with Gasteiger partial charge >= 0.3 is 0 Å². The van der Waals surface area contributed by atoms with E-state index in [1.807, 2.05) is 26.0 Å². The van der Waals surface area contributed by atoms with E-state index in [0.717, 1.165) is 31.2 Å². The zero-order valence-electron chi connectivity index (χ0n) is 16.2. The topological polar surface area (TPSA) is 74.8 Å². The third-order valence-electron chi connectivity index (χ3n) is 5.50. The molecule has 1 saturated heterocycles. The minimum atomic E-state index is -3.58. The lowest BCUT2D eigenvalue weighted by Crippen LogP contribution is -2.51. The van der Waals surface area contributed by atoms with Gasteiger partial charge in [0.25, 0.3) is 0 Å². The fraction of sp³-hybridized carbons (Fsp3) is 0.684. The van der Waals surface area contributed by atoms with Crippen molar-refractivity contribution in [2.75, 3.05) is 31.9 Å². The number of hydrogen-bond acceptors (Lipinski definition) is 4. The highest BCUT2D eigenvalue weighted by Crippen LogP contribution is 2.26. The van der Waals surface area contributed by atoms with Gasteiger partial charge in [0.15, 0.2) is 0 Å². The van der Waals surface area contributed by atoms with Crippen LogP contribution in [0.4, 0.5) is 0 Å². The van der Waals surface area contributed by atoms with Gasteiger partial charge in [0.05, 0.1) is 10.6 Å². The average molecular weight is 415 g/mol. The Morgan fingerprint density at radius 2 is 1.48 bits per heavy atom. The van der Waals surface area contributed by atoms with Crippen molar-refractivity contribution in [2.24, 2.45) is 5.92 Å². The van der Waals surface area contributed by atoms with E-state index in [-0.39, 0.29) is 31.9 Å². The van der Waals surface area contributed by atoms with E-state index < -0.39 is 20.0 Å². The quantitative estimate of drug-likeness (QED) is 0.716. The second-order valence-electron chi connectivity index (χ2n) is 7.94. The molecular weight excluding hydrogens is 384 g/mol. The van der Waals surface area contributed by atoms with Crippen LogP contribution in [0.2, 0.25) is 0 Å².